The van der Waals surface area contributed by atoms with Crippen molar-refractivity contribution in [1.82, 2.24) is 10.6 Å². The van der Waals surface area contributed by atoms with E-state index >= 15 is 0 Å². The molecule has 4 N–H and O–H groups in total. The number of benzene rings is 2. The van der Waals surface area contributed by atoms with E-state index in [1.807, 2.05) is 6.92 Å². The average molecular weight is 400 g/mol. The number of phenols is 1. The monoisotopic (exact) mass is 399 g/mol. The molecule has 2 aromatic rings. The third-order valence-electron chi connectivity index (χ3n) is 3.51. The molecule has 26 heavy (non-hydrogen) atoms. The Kier molecular flexibility index (Phi) is 7.50. The van der Waals surface area contributed by atoms with Crippen molar-refractivity contribution in [1.29, 1.82) is 0 Å². The fourth-order valence-corrected chi connectivity index (χ4v) is 2.78. The SMILES string of the molecule is CCNC(=NCc1ccc(O)c(F)c1)NCC(O)c1cc(Cl)cc(Cl)c1. The van der Waals surface area contributed by atoms with Gasteiger partial charge in [0.1, 0.15) is 0 Å². The minimum Gasteiger partial charge on any atom is -0.505 e. The molecule has 0 saturated heterocycles. The number of nitrogens with zero attached hydrogens (tertiary/aromatic N) is 1. The first-order valence-corrected chi connectivity index (χ1v) is 8.78. The van der Waals surface area contributed by atoms with Gasteiger partial charge in [-0.15, -0.1) is 0 Å². The van der Waals surface area contributed by atoms with Crippen molar-refractivity contribution in [2.75, 3.05) is 13.1 Å². The van der Waals surface area contributed by atoms with Crippen LogP contribution in [0.2, 0.25) is 10.0 Å². The van der Waals surface area contributed by atoms with Crippen molar-refractivity contribution in [2.45, 2.75) is 19.6 Å². The second-order valence-corrected chi connectivity index (χ2v) is 6.45. The van der Waals surface area contributed by atoms with E-state index in [2.05, 4.69) is 15.6 Å². The van der Waals surface area contributed by atoms with Gasteiger partial charge in [0, 0.05) is 23.1 Å². The Balaban J connectivity index is 2.01. The van der Waals surface area contributed by atoms with Crippen LogP contribution >= 0.6 is 23.2 Å². The number of rotatable bonds is 6. The molecule has 140 valence electrons. The van der Waals surface area contributed by atoms with E-state index in [1.54, 1.807) is 24.3 Å². The smallest absolute Gasteiger partial charge is 0.191 e. The fraction of sp³-hybridized carbons (Fsp3) is 0.278. The lowest BCUT2D eigenvalue weighted by Gasteiger charge is -2.16. The number of halogens is 3. The number of aromatic hydroxyl groups is 1. The summed E-state index contributed by atoms with van der Waals surface area (Å²) in [5.41, 5.74) is 1.20. The van der Waals surface area contributed by atoms with Gasteiger partial charge in [-0.2, -0.15) is 0 Å². The maximum Gasteiger partial charge on any atom is 0.191 e. The summed E-state index contributed by atoms with van der Waals surface area (Å²) in [6.07, 6.45) is -0.832. The number of aliphatic hydroxyl groups excluding tert-OH is 1. The second kappa shape index (κ2) is 9.62. The quantitative estimate of drug-likeness (QED) is 0.441. The van der Waals surface area contributed by atoms with Gasteiger partial charge < -0.3 is 20.8 Å². The molecule has 2 rings (SSSR count). The minimum atomic E-state index is -0.832. The summed E-state index contributed by atoms with van der Waals surface area (Å²) < 4.78 is 13.4. The first-order chi connectivity index (χ1) is 12.4. The Morgan fingerprint density at radius 1 is 1.15 bits per heavy atom. The molecule has 0 heterocycles. The third kappa shape index (κ3) is 6.05. The maximum absolute atomic E-state index is 13.4. The normalized spacial score (nSPS) is 12.7. The lowest BCUT2D eigenvalue weighted by atomic mass is 10.1. The lowest BCUT2D eigenvalue weighted by molar-refractivity contribution is 0.181. The summed E-state index contributed by atoms with van der Waals surface area (Å²) in [4.78, 5) is 4.34. The molecule has 0 aliphatic carbocycles. The highest BCUT2D eigenvalue weighted by atomic mass is 35.5. The lowest BCUT2D eigenvalue weighted by Crippen LogP contribution is -2.39. The highest BCUT2D eigenvalue weighted by Gasteiger charge is 2.10. The van der Waals surface area contributed by atoms with Crippen molar-refractivity contribution < 1.29 is 14.6 Å². The molecule has 0 spiro atoms. The summed E-state index contributed by atoms with van der Waals surface area (Å²) in [5, 5.41) is 26.5. The zero-order valence-corrected chi connectivity index (χ0v) is 15.7. The van der Waals surface area contributed by atoms with Crippen LogP contribution in [-0.4, -0.2) is 29.3 Å². The summed E-state index contributed by atoms with van der Waals surface area (Å²) in [6, 6.07) is 8.98. The molecule has 0 radical (unpaired) electrons. The predicted molar refractivity (Wildman–Crippen MR) is 102 cm³/mol. The first kappa shape index (κ1) is 20.3. The van der Waals surface area contributed by atoms with Crippen LogP contribution in [0.15, 0.2) is 41.4 Å². The van der Waals surface area contributed by atoms with Crippen LogP contribution in [0.4, 0.5) is 4.39 Å². The number of hydrogen-bond donors (Lipinski definition) is 4. The minimum absolute atomic E-state index is 0.187. The van der Waals surface area contributed by atoms with Crippen molar-refractivity contribution in [3.63, 3.8) is 0 Å². The van der Waals surface area contributed by atoms with Gasteiger partial charge in [-0.25, -0.2) is 9.38 Å². The fourth-order valence-electron chi connectivity index (χ4n) is 2.24. The maximum atomic E-state index is 13.4. The van der Waals surface area contributed by atoms with Crippen LogP contribution in [0.5, 0.6) is 5.75 Å². The van der Waals surface area contributed by atoms with Gasteiger partial charge in [0.05, 0.1) is 12.6 Å². The van der Waals surface area contributed by atoms with Gasteiger partial charge in [-0.05, 0) is 48.4 Å². The molecule has 2 aromatic carbocycles. The van der Waals surface area contributed by atoms with Crippen LogP contribution in [0.3, 0.4) is 0 Å². The average Bonchev–Trinajstić information content (AvgIpc) is 2.59. The van der Waals surface area contributed by atoms with E-state index in [4.69, 9.17) is 23.2 Å². The number of nitrogens with one attached hydrogen (secondary N) is 2. The highest BCUT2D eigenvalue weighted by Crippen LogP contribution is 2.23. The predicted octanol–water partition coefficient (Wildman–Crippen LogP) is 3.63. The zero-order chi connectivity index (χ0) is 19.1. The Hall–Kier alpha value is -2.02. The number of guanidine groups is 1. The largest absolute Gasteiger partial charge is 0.505 e. The number of phenolic OH excluding ortho intramolecular Hbond substituents is 1. The molecule has 0 aliphatic heterocycles. The Bertz CT molecular complexity index is 767. The molecule has 0 fully saturated rings. The first-order valence-electron chi connectivity index (χ1n) is 8.02. The topological polar surface area (TPSA) is 76.9 Å². The van der Waals surface area contributed by atoms with Gasteiger partial charge in [-0.3, -0.25) is 0 Å². The molecular weight excluding hydrogens is 380 g/mol. The molecular formula is C18H20Cl2FN3O2. The van der Waals surface area contributed by atoms with Crippen LogP contribution in [0, 0.1) is 5.82 Å². The van der Waals surface area contributed by atoms with Gasteiger partial charge in [0.15, 0.2) is 17.5 Å². The van der Waals surface area contributed by atoms with Crippen molar-refractivity contribution in [3.05, 3.63) is 63.4 Å². The molecule has 0 aliphatic rings. The van der Waals surface area contributed by atoms with Crippen LogP contribution in [-0.2, 0) is 6.54 Å². The van der Waals surface area contributed by atoms with Crippen LogP contribution < -0.4 is 10.6 Å². The molecule has 0 bridgehead atoms. The van der Waals surface area contributed by atoms with E-state index in [0.717, 1.165) is 0 Å². The third-order valence-corrected chi connectivity index (χ3v) is 3.95. The Labute approximate surface area is 161 Å². The number of hydrogen-bond acceptors (Lipinski definition) is 3. The van der Waals surface area contributed by atoms with E-state index in [0.29, 0.717) is 33.7 Å². The summed E-state index contributed by atoms with van der Waals surface area (Å²) in [7, 11) is 0. The van der Waals surface area contributed by atoms with Gasteiger partial charge in [0.2, 0.25) is 0 Å². The van der Waals surface area contributed by atoms with E-state index in [9.17, 15) is 14.6 Å². The highest BCUT2D eigenvalue weighted by molar-refractivity contribution is 6.34. The van der Waals surface area contributed by atoms with E-state index < -0.39 is 17.7 Å². The van der Waals surface area contributed by atoms with Crippen molar-refractivity contribution in [3.8, 4) is 5.75 Å². The Morgan fingerprint density at radius 2 is 1.85 bits per heavy atom. The zero-order valence-electron chi connectivity index (χ0n) is 14.1. The standard InChI is InChI=1S/C18H20Cl2FN3O2/c1-2-22-18(23-9-11-3-4-16(25)15(21)5-11)24-10-17(26)12-6-13(19)8-14(20)7-12/h3-8,17,25-26H,2,9-10H2,1H3,(H2,22,23,24). The van der Waals surface area contributed by atoms with Crippen molar-refractivity contribution >= 4 is 29.2 Å². The van der Waals surface area contributed by atoms with Gasteiger partial charge >= 0.3 is 0 Å². The van der Waals surface area contributed by atoms with E-state index in [-0.39, 0.29) is 13.1 Å². The van der Waals surface area contributed by atoms with Crippen LogP contribution in [0.1, 0.15) is 24.2 Å². The molecule has 0 aromatic heterocycles. The van der Waals surface area contributed by atoms with Gasteiger partial charge in [0.25, 0.3) is 0 Å². The van der Waals surface area contributed by atoms with E-state index in [1.165, 1.54) is 12.1 Å². The van der Waals surface area contributed by atoms with Crippen molar-refractivity contribution in [2.24, 2.45) is 4.99 Å². The molecule has 0 amide bonds. The molecule has 0 saturated carbocycles. The molecule has 1 atom stereocenters. The summed E-state index contributed by atoms with van der Waals surface area (Å²) >= 11 is 11.9. The molecule has 5 nitrogen and oxygen atoms in total. The van der Waals surface area contributed by atoms with Gasteiger partial charge in [-0.1, -0.05) is 29.3 Å². The Morgan fingerprint density at radius 3 is 2.46 bits per heavy atom. The number of aliphatic hydroxyl groups is 1. The molecule has 1 unspecified atom stereocenters. The summed E-state index contributed by atoms with van der Waals surface area (Å²) in [6.45, 7) is 2.93. The van der Waals surface area contributed by atoms with Crippen LogP contribution in [0.25, 0.3) is 0 Å². The second-order valence-electron chi connectivity index (χ2n) is 5.58. The summed E-state index contributed by atoms with van der Waals surface area (Å²) in [5.74, 6) is -0.622. The number of aliphatic imine (C=N–C) groups is 1. The molecule has 8 heteroatoms.